The van der Waals surface area contributed by atoms with Crippen molar-refractivity contribution in [1.82, 2.24) is 15.1 Å². The number of benzene rings is 2. The van der Waals surface area contributed by atoms with E-state index < -0.39 is 35.5 Å². The zero-order valence-corrected chi connectivity index (χ0v) is 28.6. The lowest BCUT2D eigenvalue weighted by atomic mass is 9.96. The Morgan fingerprint density at radius 1 is 1.02 bits per heavy atom. The largest absolute Gasteiger partial charge is 0.496 e. The highest BCUT2D eigenvalue weighted by molar-refractivity contribution is 7.80. The van der Waals surface area contributed by atoms with Crippen LogP contribution in [0.15, 0.2) is 30.3 Å². The summed E-state index contributed by atoms with van der Waals surface area (Å²) in [4.78, 5) is 43.9. The second-order valence-corrected chi connectivity index (χ2v) is 12.4. The van der Waals surface area contributed by atoms with Crippen molar-refractivity contribution in [3.63, 3.8) is 0 Å². The number of carbonyl (C=O) groups is 3. The van der Waals surface area contributed by atoms with Crippen molar-refractivity contribution >= 4 is 46.7 Å². The van der Waals surface area contributed by atoms with Gasteiger partial charge in [0.15, 0.2) is 0 Å². The second-order valence-electron chi connectivity index (χ2n) is 11.5. The Balaban J connectivity index is 2.02. The molecule has 1 heterocycles. The van der Waals surface area contributed by atoms with E-state index in [1.807, 2.05) is 4.90 Å². The Labute approximate surface area is 275 Å². The predicted molar refractivity (Wildman–Crippen MR) is 174 cm³/mol. The minimum absolute atomic E-state index is 0.165. The number of methoxy groups -OCH3 is 4. The minimum Gasteiger partial charge on any atom is -0.496 e. The van der Waals surface area contributed by atoms with E-state index in [0.717, 1.165) is 4.90 Å². The first kappa shape index (κ1) is 35.7. The molecule has 1 fully saturated rings. The van der Waals surface area contributed by atoms with Gasteiger partial charge in [0, 0.05) is 23.7 Å². The van der Waals surface area contributed by atoms with Crippen molar-refractivity contribution in [2.75, 3.05) is 41.5 Å². The van der Waals surface area contributed by atoms with Gasteiger partial charge in [-0.3, -0.25) is 9.69 Å². The molecule has 13 heteroatoms. The van der Waals surface area contributed by atoms with E-state index in [9.17, 15) is 14.4 Å². The summed E-state index contributed by atoms with van der Waals surface area (Å²) in [5.41, 5.74) is 0.625. The predicted octanol–water partition coefficient (Wildman–Crippen LogP) is 5.03. The number of imide groups is 1. The van der Waals surface area contributed by atoms with Gasteiger partial charge in [-0.1, -0.05) is 30.7 Å². The second kappa shape index (κ2) is 15.5. The lowest BCUT2D eigenvalue weighted by Gasteiger charge is -2.27. The van der Waals surface area contributed by atoms with Crippen LogP contribution in [0.2, 0.25) is 5.02 Å². The average Bonchev–Trinajstić information content (AvgIpc) is 3.10. The fourth-order valence-corrected chi connectivity index (χ4v) is 5.44. The number of nitrogens with zero attached hydrogens (tertiary/aromatic N) is 2. The fourth-order valence-electron chi connectivity index (χ4n) is 4.98. The smallest absolute Gasteiger partial charge is 0.329 e. The summed E-state index contributed by atoms with van der Waals surface area (Å²) >= 11 is 12.1. The standard InChI is InChI=1S/C32H42ClN3O8S/c1-9-24(30(38)44-32(2,3)4)34-31(39)36-18-28(45)35(17-23-26(42-7)14-22(40-5)15-27(23)43-8)16-20(29(36)37)12-19-13-21(33)10-11-25(19)41-6/h10-11,13-15,20,24H,9,12,16-18H2,1-8H3,(H,34,39)/t20-,24-/m1/s1. The third kappa shape index (κ3) is 9.13. The first-order valence-corrected chi connectivity index (χ1v) is 15.3. The maximum absolute atomic E-state index is 14.1. The zero-order valence-electron chi connectivity index (χ0n) is 27.0. The fraction of sp³-hybridized carbons (Fsp3) is 0.500. The third-order valence-corrected chi connectivity index (χ3v) is 7.84. The SMILES string of the molecule is CC[C@@H](NC(=O)N1CC(=S)N(Cc2c(OC)cc(OC)cc2OC)C[C@@H](Cc2cc(Cl)ccc2OC)C1=O)C(=O)OC(C)(C)C. The molecule has 0 aliphatic carbocycles. The van der Waals surface area contributed by atoms with E-state index in [1.165, 1.54) is 21.3 Å². The molecule has 246 valence electrons. The molecule has 0 spiro atoms. The first-order chi connectivity index (χ1) is 21.2. The number of urea groups is 1. The highest BCUT2D eigenvalue weighted by atomic mass is 35.5. The van der Waals surface area contributed by atoms with Crippen LogP contribution in [-0.2, 0) is 27.3 Å². The zero-order chi connectivity index (χ0) is 33.5. The molecule has 2 aromatic rings. The number of esters is 1. The molecule has 1 saturated heterocycles. The number of carbonyl (C=O) groups excluding carboxylic acids is 3. The lowest BCUT2D eigenvalue weighted by Crippen LogP contribution is -2.53. The summed E-state index contributed by atoms with van der Waals surface area (Å²) in [6.45, 7) is 7.17. The Morgan fingerprint density at radius 3 is 2.18 bits per heavy atom. The van der Waals surface area contributed by atoms with Crippen molar-refractivity contribution in [2.45, 2.75) is 58.7 Å². The van der Waals surface area contributed by atoms with Gasteiger partial charge in [-0.05, 0) is 57.4 Å². The van der Waals surface area contributed by atoms with Crippen LogP contribution in [0.25, 0.3) is 0 Å². The molecule has 0 unspecified atom stereocenters. The Bertz CT molecular complexity index is 1390. The van der Waals surface area contributed by atoms with Gasteiger partial charge in [-0.25, -0.2) is 9.59 Å². The summed E-state index contributed by atoms with van der Waals surface area (Å²) in [6, 6.07) is 6.92. The van der Waals surface area contributed by atoms with Crippen LogP contribution in [0, 0.1) is 5.92 Å². The van der Waals surface area contributed by atoms with E-state index >= 15 is 0 Å². The van der Waals surface area contributed by atoms with E-state index in [-0.39, 0.29) is 32.5 Å². The summed E-state index contributed by atoms with van der Waals surface area (Å²) in [6.07, 6.45) is 0.463. The lowest BCUT2D eigenvalue weighted by molar-refractivity contribution is -0.157. The molecule has 1 aliphatic heterocycles. The molecule has 3 amide bonds. The number of hydrogen-bond donors (Lipinski definition) is 1. The van der Waals surface area contributed by atoms with E-state index in [0.29, 0.717) is 44.1 Å². The molecular weight excluding hydrogens is 622 g/mol. The van der Waals surface area contributed by atoms with Gasteiger partial charge in [0.05, 0.1) is 58.0 Å². The molecule has 0 saturated carbocycles. The van der Waals surface area contributed by atoms with Crippen LogP contribution < -0.4 is 24.3 Å². The van der Waals surface area contributed by atoms with Gasteiger partial charge in [-0.15, -0.1) is 0 Å². The molecule has 0 radical (unpaired) electrons. The molecule has 1 N–H and O–H groups in total. The average molecular weight is 664 g/mol. The molecule has 2 aromatic carbocycles. The van der Waals surface area contributed by atoms with Gasteiger partial charge >= 0.3 is 12.0 Å². The van der Waals surface area contributed by atoms with Crippen molar-refractivity contribution in [3.8, 4) is 23.0 Å². The first-order valence-electron chi connectivity index (χ1n) is 14.5. The van der Waals surface area contributed by atoms with Crippen LogP contribution in [0.5, 0.6) is 23.0 Å². The van der Waals surface area contributed by atoms with E-state index in [2.05, 4.69) is 5.32 Å². The van der Waals surface area contributed by atoms with Crippen LogP contribution in [0.4, 0.5) is 4.79 Å². The quantitative estimate of drug-likeness (QED) is 0.259. The number of nitrogens with one attached hydrogen (secondary N) is 1. The third-order valence-electron chi connectivity index (χ3n) is 7.22. The molecule has 45 heavy (non-hydrogen) atoms. The summed E-state index contributed by atoms with van der Waals surface area (Å²) in [5, 5.41) is 3.16. The number of ether oxygens (including phenoxy) is 5. The van der Waals surface area contributed by atoms with Gasteiger partial charge < -0.3 is 33.9 Å². The van der Waals surface area contributed by atoms with Gasteiger partial charge in [-0.2, -0.15) is 0 Å². The van der Waals surface area contributed by atoms with Crippen molar-refractivity contribution in [2.24, 2.45) is 5.92 Å². The maximum Gasteiger partial charge on any atom is 0.329 e. The molecular formula is C32H42ClN3O8S. The van der Waals surface area contributed by atoms with Crippen molar-refractivity contribution in [1.29, 1.82) is 0 Å². The molecule has 3 rings (SSSR count). The van der Waals surface area contributed by atoms with Crippen LogP contribution >= 0.6 is 23.8 Å². The molecule has 0 bridgehead atoms. The topological polar surface area (TPSA) is 116 Å². The van der Waals surface area contributed by atoms with E-state index in [1.54, 1.807) is 65.1 Å². The Kier molecular flexibility index (Phi) is 12.3. The summed E-state index contributed by atoms with van der Waals surface area (Å²) < 4.78 is 27.7. The van der Waals surface area contributed by atoms with E-state index in [4.69, 9.17) is 47.5 Å². The molecule has 1 aliphatic rings. The number of amides is 3. The van der Waals surface area contributed by atoms with Gasteiger partial charge in [0.2, 0.25) is 5.91 Å². The maximum atomic E-state index is 14.1. The number of rotatable bonds is 11. The van der Waals surface area contributed by atoms with Crippen molar-refractivity contribution in [3.05, 3.63) is 46.5 Å². The highest BCUT2D eigenvalue weighted by Gasteiger charge is 2.38. The molecule has 11 nitrogen and oxygen atoms in total. The van der Waals surface area contributed by atoms with Crippen LogP contribution in [-0.4, -0.2) is 85.9 Å². The van der Waals surface area contributed by atoms with Gasteiger partial charge in [0.1, 0.15) is 34.6 Å². The Hall–Kier alpha value is -3.77. The normalized spacial score (nSPS) is 16.1. The van der Waals surface area contributed by atoms with Crippen molar-refractivity contribution < 1.29 is 38.1 Å². The number of thiocarbonyl (C=S) groups is 1. The summed E-state index contributed by atoms with van der Waals surface area (Å²) in [5.74, 6) is 0.309. The van der Waals surface area contributed by atoms with Crippen LogP contribution in [0.3, 0.4) is 0 Å². The monoisotopic (exact) mass is 663 g/mol. The Morgan fingerprint density at radius 2 is 1.64 bits per heavy atom. The highest BCUT2D eigenvalue weighted by Crippen LogP contribution is 2.36. The molecule has 2 atom stereocenters. The van der Waals surface area contributed by atoms with Crippen LogP contribution in [0.1, 0.15) is 45.2 Å². The number of hydrogen-bond acceptors (Lipinski definition) is 9. The minimum atomic E-state index is -0.961. The molecule has 0 aromatic heterocycles. The van der Waals surface area contributed by atoms with Gasteiger partial charge in [0.25, 0.3) is 0 Å². The number of halogens is 1. The summed E-state index contributed by atoms with van der Waals surface area (Å²) in [7, 11) is 6.16.